The van der Waals surface area contributed by atoms with Crippen molar-refractivity contribution in [3.8, 4) is 17.2 Å². The van der Waals surface area contributed by atoms with Gasteiger partial charge in [-0.15, -0.1) is 0 Å². The standard InChI is InChI=1S/C23H25NO4/c1-15-5-3-4-12-24(15)14-19-20(25)11-10-18-22(26)21(28-23(18)19)13-16-6-8-17(27-2)9-7-16/h6-11,13,15,25H,3-5,12,14H2,1-2H3/p+1/b21-13-/t15-/m1/s1. The predicted molar refractivity (Wildman–Crippen MR) is 107 cm³/mol. The Hall–Kier alpha value is -2.79. The number of allylic oxidation sites excluding steroid dienone is 1. The SMILES string of the molecule is COc1ccc(/C=C2\Oc3c(ccc(O)c3C[NH+]3CCCC[C@H]3C)C2=O)cc1. The fraction of sp³-hybridized carbons (Fsp3) is 0.348. The number of rotatable bonds is 4. The Morgan fingerprint density at radius 1 is 1.21 bits per heavy atom. The number of quaternary nitrogens is 1. The fourth-order valence-electron chi connectivity index (χ4n) is 4.06. The zero-order valence-electron chi connectivity index (χ0n) is 16.3. The van der Waals surface area contributed by atoms with Gasteiger partial charge in [0.25, 0.3) is 0 Å². The minimum absolute atomic E-state index is 0.145. The van der Waals surface area contributed by atoms with Crippen LogP contribution in [0.2, 0.25) is 0 Å². The summed E-state index contributed by atoms with van der Waals surface area (Å²) < 4.78 is 11.1. The van der Waals surface area contributed by atoms with Gasteiger partial charge in [0.2, 0.25) is 5.78 Å². The number of ketones is 1. The normalized spacial score (nSPS) is 22.8. The quantitative estimate of drug-likeness (QED) is 0.801. The number of hydrogen-bond donors (Lipinski definition) is 2. The van der Waals surface area contributed by atoms with E-state index in [9.17, 15) is 9.90 Å². The number of hydrogen-bond acceptors (Lipinski definition) is 4. The number of nitrogens with one attached hydrogen (secondary N) is 1. The summed E-state index contributed by atoms with van der Waals surface area (Å²) in [5, 5.41) is 10.5. The van der Waals surface area contributed by atoms with Gasteiger partial charge in [-0.05, 0) is 62.1 Å². The van der Waals surface area contributed by atoms with Crippen LogP contribution in [0.25, 0.3) is 6.08 Å². The fourth-order valence-corrected chi connectivity index (χ4v) is 4.06. The first-order valence-electron chi connectivity index (χ1n) is 9.84. The third kappa shape index (κ3) is 3.50. The van der Waals surface area contributed by atoms with Crippen LogP contribution in [-0.4, -0.2) is 30.6 Å². The number of carbonyl (C=O) groups is 1. The van der Waals surface area contributed by atoms with Gasteiger partial charge in [0.1, 0.15) is 18.0 Å². The van der Waals surface area contributed by atoms with Gasteiger partial charge in [-0.1, -0.05) is 12.1 Å². The van der Waals surface area contributed by atoms with Crippen molar-refractivity contribution >= 4 is 11.9 Å². The van der Waals surface area contributed by atoms with Crippen LogP contribution in [0.5, 0.6) is 17.2 Å². The van der Waals surface area contributed by atoms with Crippen molar-refractivity contribution in [3.63, 3.8) is 0 Å². The van der Waals surface area contributed by atoms with Crippen molar-refractivity contribution in [1.29, 1.82) is 0 Å². The molecule has 2 aliphatic rings. The summed E-state index contributed by atoms with van der Waals surface area (Å²) >= 11 is 0. The van der Waals surface area contributed by atoms with Gasteiger partial charge in [0.05, 0.1) is 30.8 Å². The van der Waals surface area contributed by atoms with Crippen LogP contribution in [0.1, 0.15) is 47.7 Å². The Labute approximate surface area is 165 Å². The van der Waals surface area contributed by atoms with E-state index in [2.05, 4.69) is 6.92 Å². The number of phenols is 1. The molecular formula is C23H26NO4+. The minimum atomic E-state index is -0.145. The average Bonchev–Trinajstić information content (AvgIpc) is 3.02. The van der Waals surface area contributed by atoms with Gasteiger partial charge in [-0.3, -0.25) is 4.79 Å². The molecule has 28 heavy (non-hydrogen) atoms. The monoisotopic (exact) mass is 380 g/mol. The highest BCUT2D eigenvalue weighted by molar-refractivity contribution is 6.14. The maximum absolute atomic E-state index is 12.8. The van der Waals surface area contributed by atoms with Crippen molar-refractivity contribution in [2.24, 2.45) is 0 Å². The molecule has 0 aliphatic carbocycles. The van der Waals surface area contributed by atoms with E-state index in [0.29, 0.717) is 23.9 Å². The lowest BCUT2D eigenvalue weighted by Crippen LogP contribution is -3.14. The van der Waals surface area contributed by atoms with Crippen molar-refractivity contribution in [1.82, 2.24) is 0 Å². The molecule has 1 saturated heterocycles. The molecular weight excluding hydrogens is 354 g/mol. The maximum atomic E-state index is 12.8. The van der Waals surface area contributed by atoms with Crippen LogP contribution >= 0.6 is 0 Å². The van der Waals surface area contributed by atoms with Crippen LogP contribution in [0.3, 0.4) is 0 Å². The first-order valence-corrected chi connectivity index (χ1v) is 9.84. The smallest absolute Gasteiger partial charge is 0.231 e. The van der Waals surface area contributed by atoms with Gasteiger partial charge in [-0.2, -0.15) is 0 Å². The predicted octanol–water partition coefficient (Wildman–Crippen LogP) is 2.97. The molecule has 0 saturated carbocycles. The van der Waals surface area contributed by atoms with Crippen molar-refractivity contribution in [2.75, 3.05) is 13.7 Å². The second-order valence-electron chi connectivity index (χ2n) is 7.63. The van der Waals surface area contributed by atoms with Gasteiger partial charge < -0.3 is 19.5 Å². The van der Waals surface area contributed by atoms with Gasteiger partial charge in [0, 0.05) is 0 Å². The average molecular weight is 380 g/mol. The molecule has 2 heterocycles. The van der Waals surface area contributed by atoms with Crippen LogP contribution in [0.4, 0.5) is 0 Å². The summed E-state index contributed by atoms with van der Waals surface area (Å²) in [6.07, 6.45) is 5.37. The number of carbonyl (C=O) groups excluding carboxylic acids is 1. The van der Waals surface area contributed by atoms with Crippen LogP contribution < -0.4 is 14.4 Å². The molecule has 2 aliphatic heterocycles. The van der Waals surface area contributed by atoms with Crippen molar-refractivity contribution < 1.29 is 24.3 Å². The summed E-state index contributed by atoms with van der Waals surface area (Å²) in [4.78, 5) is 14.3. The molecule has 4 rings (SSSR count). The molecule has 2 aromatic rings. The molecule has 146 valence electrons. The Morgan fingerprint density at radius 3 is 2.71 bits per heavy atom. The molecule has 5 nitrogen and oxygen atoms in total. The topological polar surface area (TPSA) is 60.2 Å². The van der Waals surface area contributed by atoms with Crippen LogP contribution in [0, 0.1) is 0 Å². The number of aromatic hydroxyl groups is 1. The third-order valence-electron chi connectivity index (χ3n) is 5.82. The Bertz CT molecular complexity index is 917. The Balaban J connectivity index is 1.63. The minimum Gasteiger partial charge on any atom is -0.507 e. The number of fused-ring (bicyclic) bond motifs is 1. The summed E-state index contributed by atoms with van der Waals surface area (Å²) in [5.41, 5.74) is 2.11. The van der Waals surface area contributed by atoms with Gasteiger partial charge >= 0.3 is 0 Å². The molecule has 2 aromatic carbocycles. The Morgan fingerprint density at radius 2 is 2.00 bits per heavy atom. The van der Waals surface area contributed by atoms with E-state index < -0.39 is 0 Å². The highest BCUT2D eigenvalue weighted by Gasteiger charge is 2.33. The molecule has 1 fully saturated rings. The lowest BCUT2D eigenvalue weighted by molar-refractivity contribution is -0.941. The van der Waals surface area contributed by atoms with E-state index in [1.807, 2.05) is 24.3 Å². The van der Waals surface area contributed by atoms with Gasteiger partial charge in [0.15, 0.2) is 11.5 Å². The van der Waals surface area contributed by atoms with E-state index in [-0.39, 0.29) is 17.3 Å². The summed E-state index contributed by atoms with van der Waals surface area (Å²) in [7, 11) is 1.62. The number of methoxy groups -OCH3 is 1. The van der Waals surface area contributed by atoms with Crippen LogP contribution in [0.15, 0.2) is 42.2 Å². The molecule has 0 aromatic heterocycles. The summed E-state index contributed by atoms with van der Waals surface area (Å²) in [6, 6.07) is 11.2. The molecule has 2 N–H and O–H groups in total. The van der Waals surface area contributed by atoms with E-state index >= 15 is 0 Å². The largest absolute Gasteiger partial charge is 0.507 e. The van der Waals surface area contributed by atoms with Crippen molar-refractivity contribution in [3.05, 3.63) is 58.8 Å². The number of ether oxygens (including phenoxy) is 2. The molecule has 5 heteroatoms. The molecule has 0 bridgehead atoms. The number of benzene rings is 2. The molecule has 1 unspecified atom stereocenters. The van der Waals surface area contributed by atoms with Crippen LogP contribution in [-0.2, 0) is 6.54 Å². The Kier molecular flexibility index (Phi) is 5.09. The van der Waals surface area contributed by atoms with E-state index in [1.54, 1.807) is 25.3 Å². The number of Topliss-reactive ketones (excluding diaryl/α,β-unsaturated/α-hetero) is 1. The van der Waals surface area contributed by atoms with Gasteiger partial charge in [-0.25, -0.2) is 0 Å². The zero-order valence-corrected chi connectivity index (χ0v) is 16.3. The van der Waals surface area contributed by atoms with E-state index in [0.717, 1.165) is 23.4 Å². The third-order valence-corrected chi connectivity index (χ3v) is 5.82. The molecule has 0 radical (unpaired) electrons. The van der Waals surface area contributed by atoms with Crippen molar-refractivity contribution in [2.45, 2.75) is 38.8 Å². The highest BCUT2D eigenvalue weighted by atomic mass is 16.5. The first kappa shape index (κ1) is 18.6. The first-order chi connectivity index (χ1) is 13.6. The number of piperidine rings is 1. The second-order valence-corrected chi connectivity index (χ2v) is 7.63. The number of phenolic OH excluding ortho intramolecular Hbond substituents is 1. The van der Waals surface area contributed by atoms with E-state index in [4.69, 9.17) is 9.47 Å². The zero-order chi connectivity index (χ0) is 19.7. The lowest BCUT2D eigenvalue weighted by Gasteiger charge is -2.30. The lowest BCUT2D eigenvalue weighted by atomic mass is 10.0. The molecule has 0 spiro atoms. The highest BCUT2D eigenvalue weighted by Crippen LogP contribution is 2.39. The molecule has 2 atom stereocenters. The number of likely N-dealkylation sites (tertiary alicyclic amines) is 1. The molecule has 0 amide bonds. The van der Waals surface area contributed by atoms with E-state index in [1.165, 1.54) is 24.2 Å². The summed E-state index contributed by atoms with van der Waals surface area (Å²) in [5.74, 6) is 1.61. The second kappa shape index (κ2) is 7.68. The maximum Gasteiger partial charge on any atom is 0.231 e. The summed E-state index contributed by atoms with van der Waals surface area (Å²) in [6.45, 7) is 3.99.